The molecule has 0 radical (unpaired) electrons. The largest absolute Gasteiger partial charge is 0.497 e. The van der Waals surface area contributed by atoms with Gasteiger partial charge in [-0.05, 0) is 43.3 Å². The van der Waals surface area contributed by atoms with Crippen molar-refractivity contribution in [1.29, 1.82) is 0 Å². The van der Waals surface area contributed by atoms with Crippen molar-refractivity contribution in [3.05, 3.63) is 54.6 Å². The van der Waals surface area contributed by atoms with Crippen molar-refractivity contribution in [2.45, 2.75) is 6.92 Å². The van der Waals surface area contributed by atoms with Gasteiger partial charge in [-0.3, -0.25) is 9.59 Å². The third kappa shape index (κ3) is 5.97. The highest BCUT2D eigenvalue weighted by molar-refractivity contribution is 5.91. The van der Waals surface area contributed by atoms with Crippen LogP contribution in [0.3, 0.4) is 0 Å². The van der Waals surface area contributed by atoms with Gasteiger partial charge in [0.05, 0.1) is 13.7 Å². The van der Waals surface area contributed by atoms with Crippen LogP contribution in [0, 0.1) is 0 Å². The van der Waals surface area contributed by atoms with E-state index in [1.807, 2.05) is 30.0 Å². The maximum atomic E-state index is 12.8. The number of quaternary nitrogens is 1. The topological polar surface area (TPSA) is 66.3 Å². The third-order valence-corrected chi connectivity index (χ3v) is 5.44. The van der Waals surface area contributed by atoms with Gasteiger partial charge in [0.2, 0.25) is 0 Å². The number of amides is 2. The van der Waals surface area contributed by atoms with Crippen molar-refractivity contribution in [1.82, 2.24) is 4.90 Å². The molecule has 1 atom stereocenters. The summed E-state index contributed by atoms with van der Waals surface area (Å²) < 4.78 is 5.13. The van der Waals surface area contributed by atoms with Crippen LogP contribution in [0.4, 0.5) is 11.4 Å². The molecule has 1 heterocycles. The Bertz CT molecular complexity index is 818. The molecular weight excluding hydrogens is 380 g/mol. The number of nitrogens with zero attached hydrogens (tertiary/aromatic N) is 2. The minimum absolute atomic E-state index is 0.0984. The first-order valence-corrected chi connectivity index (χ1v) is 10.4. The van der Waals surface area contributed by atoms with Crippen LogP contribution < -0.4 is 19.9 Å². The number of nitrogens with one attached hydrogen (secondary N) is 2. The number of carbonyl (C=O) groups is 2. The van der Waals surface area contributed by atoms with Crippen molar-refractivity contribution < 1.29 is 19.2 Å². The molecule has 2 N–H and O–H groups in total. The maximum absolute atomic E-state index is 12.8. The number of benzene rings is 2. The summed E-state index contributed by atoms with van der Waals surface area (Å²) in [7, 11) is 1.61. The summed E-state index contributed by atoms with van der Waals surface area (Å²) in [5.74, 6) is 0.752. The summed E-state index contributed by atoms with van der Waals surface area (Å²) in [4.78, 5) is 30.3. The highest BCUT2D eigenvalue weighted by Crippen LogP contribution is 2.16. The average Bonchev–Trinajstić information content (AvgIpc) is 2.79. The van der Waals surface area contributed by atoms with Crippen molar-refractivity contribution in [3.8, 4) is 5.75 Å². The van der Waals surface area contributed by atoms with Crippen LogP contribution in [-0.2, 0) is 9.59 Å². The summed E-state index contributed by atoms with van der Waals surface area (Å²) in [6.07, 6.45) is 0. The van der Waals surface area contributed by atoms with Gasteiger partial charge in [0, 0.05) is 37.6 Å². The molecule has 1 unspecified atom stereocenters. The second-order valence-electron chi connectivity index (χ2n) is 7.44. The molecule has 0 spiro atoms. The van der Waals surface area contributed by atoms with E-state index in [2.05, 4.69) is 22.3 Å². The number of para-hydroxylation sites is 1. The zero-order valence-electron chi connectivity index (χ0n) is 17.8. The Morgan fingerprint density at radius 1 is 0.967 bits per heavy atom. The summed E-state index contributed by atoms with van der Waals surface area (Å²) >= 11 is 0. The van der Waals surface area contributed by atoms with Gasteiger partial charge in [0.1, 0.15) is 5.75 Å². The SMILES string of the molecule is CC[NH+](CC(=O)Nc1ccc(OC)cc1)CC(=O)N1CCN(c2ccccc2)CC1. The maximum Gasteiger partial charge on any atom is 0.279 e. The number of anilines is 2. The molecule has 2 amide bonds. The number of carbonyl (C=O) groups excluding carboxylic acids is 2. The fraction of sp³-hybridized carbons (Fsp3) is 0.391. The van der Waals surface area contributed by atoms with Gasteiger partial charge in [0.25, 0.3) is 11.8 Å². The lowest BCUT2D eigenvalue weighted by atomic mass is 10.2. The lowest BCUT2D eigenvalue weighted by Crippen LogP contribution is -3.14. The van der Waals surface area contributed by atoms with Gasteiger partial charge >= 0.3 is 0 Å². The zero-order valence-corrected chi connectivity index (χ0v) is 17.8. The number of piperazine rings is 1. The predicted molar refractivity (Wildman–Crippen MR) is 118 cm³/mol. The first-order chi connectivity index (χ1) is 14.6. The molecule has 7 nitrogen and oxygen atoms in total. The molecule has 0 bridgehead atoms. The zero-order chi connectivity index (χ0) is 21.3. The normalized spacial score (nSPS) is 14.9. The third-order valence-electron chi connectivity index (χ3n) is 5.44. The minimum atomic E-state index is -0.0984. The molecule has 3 rings (SSSR count). The van der Waals surface area contributed by atoms with Crippen LogP contribution in [-0.4, -0.2) is 69.6 Å². The number of ether oxygens (including phenoxy) is 1. The van der Waals surface area contributed by atoms with E-state index in [1.165, 1.54) is 5.69 Å². The van der Waals surface area contributed by atoms with Crippen LogP contribution in [0.15, 0.2) is 54.6 Å². The Hall–Kier alpha value is -3.06. The van der Waals surface area contributed by atoms with Gasteiger partial charge in [-0.1, -0.05) is 18.2 Å². The van der Waals surface area contributed by atoms with Crippen LogP contribution in [0.25, 0.3) is 0 Å². The van der Waals surface area contributed by atoms with Crippen molar-refractivity contribution in [2.75, 3.05) is 63.1 Å². The van der Waals surface area contributed by atoms with Crippen LogP contribution in [0.5, 0.6) is 5.75 Å². The molecule has 1 fully saturated rings. The second-order valence-corrected chi connectivity index (χ2v) is 7.44. The predicted octanol–water partition coefficient (Wildman–Crippen LogP) is 0.887. The Kier molecular flexibility index (Phi) is 7.68. The van der Waals surface area contributed by atoms with E-state index >= 15 is 0 Å². The second kappa shape index (κ2) is 10.6. The lowest BCUT2D eigenvalue weighted by molar-refractivity contribution is -0.882. The fourth-order valence-electron chi connectivity index (χ4n) is 3.60. The Labute approximate surface area is 178 Å². The van der Waals surface area contributed by atoms with Gasteiger partial charge in [0.15, 0.2) is 13.1 Å². The number of methoxy groups -OCH3 is 1. The number of rotatable bonds is 8. The lowest BCUT2D eigenvalue weighted by Gasteiger charge is -2.36. The summed E-state index contributed by atoms with van der Waals surface area (Å²) in [6, 6.07) is 17.5. The van der Waals surface area contributed by atoms with Crippen LogP contribution >= 0.6 is 0 Å². The van der Waals surface area contributed by atoms with Gasteiger partial charge in [-0.15, -0.1) is 0 Å². The van der Waals surface area contributed by atoms with Crippen molar-refractivity contribution in [3.63, 3.8) is 0 Å². The molecule has 0 aliphatic carbocycles. The van der Waals surface area contributed by atoms with E-state index in [1.54, 1.807) is 31.4 Å². The first kappa shape index (κ1) is 21.6. The molecule has 1 aliphatic heterocycles. The van der Waals surface area contributed by atoms with Gasteiger partial charge in [-0.25, -0.2) is 0 Å². The van der Waals surface area contributed by atoms with E-state index in [4.69, 9.17) is 4.74 Å². The molecule has 0 saturated carbocycles. The number of hydrogen-bond acceptors (Lipinski definition) is 4. The van der Waals surface area contributed by atoms with Crippen LogP contribution in [0.1, 0.15) is 6.92 Å². The van der Waals surface area contributed by atoms with E-state index in [0.717, 1.165) is 29.4 Å². The van der Waals surface area contributed by atoms with E-state index in [-0.39, 0.29) is 18.4 Å². The van der Waals surface area contributed by atoms with E-state index in [0.29, 0.717) is 26.2 Å². The molecule has 7 heteroatoms. The van der Waals surface area contributed by atoms with Crippen LogP contribution in [0.2, 0.25) is 0 Å². The summed E-state index contributed by atoms with van der Waals surface area (Å²) in [5.41, 5.74) is 1.92. The van der Waals surface area contributed by atoms with Crippen molar-refractivity contribution in [2.24, 2.45) is 0 Å². The monoisotopic (exact) mass is 411 g/mol. The van der Waals surface area contributed by atoms with Gasteiger partial charge in [-0.2, -0.15) is 0 Å². The molecule has 30 heavy (non-hydrogen) atoms. The van der Waals surface area contributed by atoms with E-state index < -0.39 is 0 Å². The quantitative estimate of drug-likeness (QED) is 0.677. The molecule has 0 aromatic heterocycles. The standard InChI is InChI=1S/C23H30N4O3/c1-3-25(17-22(28)24-19-9-11-21(30-2)12-10-19)18-23(29)27-15-13-26(14-16-27)20-7-5-4-6-8-20/h4-12H,3,13-18H2,1-2H3,(H,24,28)/p+1. The molecule has 2 aromatic carbocycles. The average molecular weight is 412 g/mol. The molecule has 1 saturated heterocycles. The first-order valence-electron chi connectivity index (χ1n) is 10.4. The Morgan fingerprint density at radius 2 is 1.63 bits per heavy atom. The highest BCUT2D eigenvalue weighted by atomic mass is 16.5. The molecule has 2 aromatic rings. The fourth-order valence-corrected chi connectivity index (χ4v) is 3.60. The Morgan fingerprint density at radius 3 is 2.23 bits per heavy atom. The molecular formula is C23H31N4O3+. The Balaban J connectivity index is 1.45. The molecule has 160 valence electrons. The number of hydrogen-bond donors (Lipinski definition) is 2. The van der Waals surface area contributed by atoms with Gasteiger partial charge < -0.3 is 24.8 Å². The smallest absolute Gasteiger partial charge is 0.279 e. The highest BCUT2D eigenvalue weighted by Gasteiger charge is 2.25. The summed E-state index contributed by atoms with van der Waals surface area (Å²) in [6.45, 7) is 6.38. The number of likely N-dealkylation sites (N-methyl/N-ethyl adjacent to an activating group) is 1. The van der Waals surface area contributed by atoms with E-state index in [9.17, 15) is 9.59 Å². The van der Waals surface area contributed by atoms with Crippen molar-refractivity contribution >= 4 is 23.2 Å². The molecule has 1 aliphatic rings. The summed E-state index contributed by atoms with van der Waals surface area (Å²) in [5, 5.41) is 2.89. The minimum Gasteiger partial charge on any atom is -0.497 e.